The van der Waals surface area contributed by atoms with E-state index >= 15 is 0 Å². The maximum atomic E-state index is 12.2. The van der Waals surface area contributed by atoms with Gasteiger partial charge in [0.1, 0.15) is 17.1 Å². The van der Waals surface area contributed by atoms with E-state index in [9.17, 15) is 4.79 Å². The molecule has 0 aliphatic rings. The van der Waals surface area contributed by atoms with Crippen molar-refractivity contribution < 1.29 is 14.3 Å². The molecule has 0 aliphatic heterocycles. The van der Waals surface area contributed by atoms with Gasteiger partial charge in [0.25, 0.3) is 0 Å². The monoisotopic (exact) mass is 398 g/mol. The van der Waals surface area contributed by atoms with Gasteiger partial charge in [-0.2, -0.15) is 0 Å². The van der Waals surface area contributed by atoms with E-state index in [0.29, 0.717) is 16.8 Å². The summed E-state index contributed by atoms with van der Waals surface area (Å²) < 4.78 is 10.4. The zero-order valence-electron chi connectivity index (χ0n) is 16.5. The number of carbonyl (C=O) groups excluding carboxylic acids is 1. The van der Waals surface area contributed by atoms with Crippen molar-refractivity contribution in [2.45, 2.75) is 27.7 Å². The number of methoxy groups -OCH3 is 1. The quantitative estimate of drug-likeness (QED) is 0.614. The van der Waals surface area contributed by atoms with Crippen molar-refractivity contribution in [1.82, 2.24) is 15.0 Å². The van der Waals surface area contributed by atoms with Crippen molar-refractivity contribution >= 4 is 28.3 Å². The zero-order valence-corrected chi connectivity index (χ0v) is 17.3. The number of aromatic nitrogens is 3. The maximum Gasteiger partial charge on any atom is 0.343 e. The van der Waals surface area contributed by atoms with Crippen molar-refractivity contribution in [2.75, 3.05) is 19.0 Å². The number of benzene rings is 1. The molecular weight excluding hydrogens is 376 g/mol. The molecule has 3 aromatic rings. The average molecular weight is 398 g/mol. The van der Waals surface area contributed by atoms with Crippen LogP contribution in [0.3, 0.4) is 0 Å². The second-order valence-corrected chi connectivity index (χ2v) is 7.34. The minimum atomic E-state index is -0.468. The summed E-state index contributed by atoms with van der Waals surface area (Å²) in [5.74, 6) is 1.31. The Morgan fingerprint density at radius 1 is 1.21 bits per heavy atom. The summed E-state index contributed by atoms with van der Waals surface area (Å²) in [5.41, 5.74) is 3.20. The van der Waals surface area contributed by atoms with E-state index in [-0.39, 0.29) is 12.2 Å². The number of aryl methyl sites for hydroxylation is 3. The largest absolute Gasteiger partial charge is 0.496 e. The molecule has 3 rings (SSSR count). The first-order valence-electron chi connectivity index (χ1n) is 8.83. The van der Waals surface area contributed by atoms with Crippen LogP contribution in [-0.2, 0) is 4.74 Å². The lowest BCUT2D eigenvalue weighted by Crippen LogP contribution is -2.11. The van der Waals surface area contributed by atoms with Crippen molar-refractivity contribution in [3.8, 4) is 17.0 Å². The third kappa shape index (κ3) is 4.12. The fraction of sp³-hybridized carbons (Fsp3) is 0.300. The summed E-state index contributed by atoms with van der Waals surface area (Å²) in [6, 6.07) is 5.96. The van der Waals surface area contributed by atoms with Crippen LogP contribution in [0.4, 0.5) is 10.9 Å². The lowest BCUT2D eigenvalue weighted by atomic mass is 10.1. The Morgan fingerprint density at radius 2 is 2.00 bits per heavy atom. The first-order chi connectivity index (χ1) is 13.4. The van der Waals surface area contributed by atoms with Gasteiger partial charge in [-0.3, -0.25) is 0 Å². The Labute approximate surface area is 167 Å². The van der Waals surface area contributed by atoms with Crippen LogP contribution in [0.5, 0.6) is 5.75 Å². The van der Waals surface area contributed by atoms with Gasteiger partial charge in [-0.25, -0.2) is 19.7 Å². The summed E-state index contributed by atoms with van der Waals surface area (Å²) in [7, 11) is 1.66. The number of carbonyl (C=O) groups is 1. The van der Waals surface area contributed by atoms with Crippen LogP contribution in [0.2, 0.25) is 0 Å². The highest BCUT2D eigenvalue weighted by atomic mass is 32.1. The molecule has 0 bridgehead atoms. The number of anilines is 2. The van der Waals surface area contributed by atoms with Crippen LogP contribution in [0, 0.1) is 20.8 Å². The molecule has 7 nitrogen and oxygen atoms in total. The Morgan fingerprint density at radius 3 is 2.68 bits per heavy atom. The van der Waals surface area contributed by atoms with Gasteiger partial charge in [-0.1, -0.05) is 0 Å². The first-order valence-corrected chi connectivity index (χ1v) is 9.64. The fourth-order valence-corrected chi connectivity index (χ4v) is 3.60. The van der Waals surface area contributed by atoms with E-state index in [1.807, 2.05) is 32.0 Å². The molecule has 0 saturated heterocycles. The van der Waals surface area contributed by atoms with E-state index in [1.165, 1.54) is 17.5 Å². The summed E-state index contributed by atoms with van der Waals surface area (Å²) in [6.07, 6.45) is 1.47. The minimum absolute atomic E-state index is 0.280. The van der Waals surface area contributed by atoms with Gasteiger partial charge in [0.05, 0.1) is 19.4 Å². The highest BCUT2D eigenvalue weighted by Gasteiger charge is 2.18. The zero-order chi connectivity index (χ0) is 20.3. The highest BCUT2D eigenvalue weighted by Crippen LogP contribution is 2.34. The number of rotatable bonds is 6. The van der Waals surface area contributed by atoms with Gasteiger partial charge < -0.3 is 14.8 Å². The summed E-state index contributed by atoms with van der Waals surface area (Å²) >= 11 is 1.49. The molecule has 0 fully saturated rings. The number of nitrogens with one attached hydrogen (secondary N) is 1. The third-order valence-electron chi connectivity index (χ3n) is 4.09. The van der Waals surface area contributed by atoms with Crippen molar-refractivity contribution in [2.24, 2.45) is 0 Å². The normalized spacial score (nSPS) is 10.6. The van der Waals surface area contributed by atoms with Crippen molar-refractivity contribution in [1.29, 1.82) is 0 Å². The van der Waals surface area contributed by atoms with Crippen LogP contribution in [0.15, 0.2) is 24.4 Å². The molecule has 1 aromatic carbocycles. The molecule has 28 heavy (non-hydrogen) atoms. The topological polar surface area (TPSA) is 86.2 Å². The number of hydrogen-bond acceptors (Lipinski definition) is 8. The lowest BCUT2D eigenvalue weighted by molar-refractivity contribution is 0.0526. The van der Waals surface area contributed by atoms with E-state index in [1.54, 1.807) is 21.0 Å². The fourth-order valence-electron chi connectivity index (χ4n) is 2.77. The molecule has 8 heteroatoms. The summed E-state index contributed by atoms with van der Waals surface area (Å²) in [4.78, 5) is 26.4. The molecule has 0 aliphatic carbocycles. The molecule has 2 heterocycles. The Balaban J connectivity index is 1.93. The number of ether oxygens (including phenoxy) is 2. The standard InChI is InChI=1S/C20H22N4O3S/c1-6-27-19(25)15-10-21-13(4)22-18(15)24-20-23-17(12(3)28-20)14-7-8-16(26-5)11(2)9-14/h7-10H,6H2,1-5H3,(H,21,22,23,24). The van der Waals surface area contributed by atoms with Gasteiger partial charge in [0, 0.05) is 16.6 Å². The molecule has 2 aromatic heterocycles. The molecule has 0 saturated carbocycles. The lowest BCUT2D eigenvalue weighted by Gasteiger charge is -2.08. The number of hydrogen-bond donors (Lipinski definition) is 1. The molecule has 0 radical (unpaired) electrons. The molecule has 146 valence electrons. The van der Waals surface area contributed by atoms with Crippen LogP contribution in [-0.4, -0.2) is 34.6 Å². The van der Waals surface area contributed by atoms with Crippen molar-refractivity contribution in [3.05, 3.63) is 46.2 Å². The minimum Gasteiger partial charge on any atom is -0.496 e. The second-order valence-electron chi connectivity index (χ2n) is 6.13. The Kier molecular flexibility index (Phi) is 5.89. The predicted molar refractivity (Wildman–Crippen MR) is 110 cm³/mol. The van der Waals surface area contributed by atoms with Gasteiger partial charge in [0.2, 0.25) is 0 Å². The third-order valence-corrected chi connectivity index (χ3v) is 4.98. The maximum absolute atomic E-state index is 12.2. The van der Waals surface area contributed by atoms with Gasteiger partial charge in [-0.05, 0) is 51.5 Å². The predicted octanol–water partition coefficient (Wildman–Crippen LogP) is 4.45. The Bertz CT molecular complexity index is 1020. The van der Waals surface area contributed by atoms with Gasteiger partial charge >= 0.3 is 5.97 Å². The van der Waals surface area contributed by atoms with Crippen LogP contribution >= 0.6 is 11.3 Å². The smallest absolute Gasteiger partial charge is 0.343 e. The van der Waals surface area contributed by atoms with Crippen LogP contribution in [0.25, 0.3) is 11.3 Å². The number of thiazole rings is 1. The van der Waals surface area contributed by atoms with Crippen LogP contribution < -0.4 is 10.1 Å². The molecule has 0 unspecified atom stereocenters. The molecule has 0 atom stereocenters. The summed E-state index contributed by atoms with van der Waals surface area (Å²) in [5, 5.41) is 3.79. The molecule has 0 amide bonds. The molecular formula is C20H22N4O3S. The van der Waals surface area contributed by atoms with Crippen LogP contribution in [0.1, 0.15) is 33.5 Å². The molecule has 1 N–H and O–H groups in total. The highest BCUT2D eigenvalue weighted by molar-refractivity contribution is 7.16. The average Bonchev–Trinajstić information content (AvgIpc) is 3.02. The number of nitrogens with zero attached hydrogens (tertiary/aromatic N) is 3. The van der Waals surface area contributed by atoms with Crippen molar-refractivity contribution in [3.63, 3.8) is 0 Å². The van der Waals surface area contributed by atoms with E-state index < -0.39 is 5.97 Å². The molecule has 0 spiro atoms. The second kappa shape index (κ2) is 8.35. The first kappa shape index (κ1) is 19.8. The Hall–Kier alpha value is -3.00. The number of esters is 1. The van der Waals surface area contributed by atoms with Gasteiger partial charge in [-0.15, -0.1) is 11.3 Å². The van der Waals surface area contributed by atoms with E-state index in [2.05, 4.69) is 15.3 Å². The SMILES string of the molecule is CCOC(=O)c1cnc(C)nc1Nc1nc(-c2ccc(OC)c(C)c2)c(C)s1. The van der Waals surface area contributed by atoms with E-state index in [0.717, 1.165) is 27.4 Å². The summed E-state index contributed by atoms with van der Waals surface area (Å²) in [6.45, 7) is 7.81. The van der Waals surface area contributed by atoms with Gasteiger partial charge in [0.15, 0.2) is 10.9 Å². The van der Waals surface area contributed by atoms with E-state index in [4.69, 9.17) is 14.5 Å².